The summed E-state index contributed by atoms with van der Waals surface area (Å²) in [6.45, 7) is 0.590. The Morgan fingerprint density at radius 3 is 3.00 bits per heavy atom. The molecule has 0 saturated heterocycles. The Kier molecular flexibility index (Phi) is 3.58. The number of benzene rings is 1. The molecule has 3 aromatic rings. The van der Waals surface area contributed by atoms with Crippen molar-refractivity contribution in [2.75, 3.05) is 5.32 Å². The predicted octanol–water partition coefficient (Wildman–Crippen LogP) is 3.39. The highest BCUT2D eigenvalue weighted by atomic mass is 79.9. The van der Waals surface area contributed by atoms with Crippen LogP contribution >= 0.6 is 27.5 Å². The summed E-state index contributed by atoms with van der Waals surface area (Å²) in [5.41, 5.74) is 1.80. The molecule has 0 aliphatic heterocycles. The molecule has 20 heavy (non-hydrogen) atoms. The number of anilines is 1. The largest absolute Gasteiger partial charge is 0.365 e. The van der Waals surface area contributed by atoms with E-state index in [1.165, 1.54) is 6.33 Å². The minimum absolute atomic E-state index is 0.590. The predicted molar refractivity (Wildman–Crippen MR) is 82.8 cm³/mol. The van der Waals surface area contributed by atoms with Gasteiger partial charge in [0.25, 0.3) is 0 Å². The lowest BCUT2D eigenvalue weighted by atomic mass is 10.2. The maximum atomic E-state index is 6.20. The second kappa shape index (κ2) is 5.38. The molecule has 0 spiro atoms. The molecule has 102 valence electrons. The van der Waals surface area contributed by atoms with E-state index >= 15 is 0 Å². The third-order valence-corrected chi connectivity index (χ3v) is 3.84. The van der Waals surface area contributed by atoms with Gasteiger partial charge in [-0.1, -0.05) is 33.6 Å². The van der Waals surface area contributed by atoms with E-state index in [1.807, 2.05) is 25.2 Å². The SMILES string of the molecule is Cn1ncc2c(NCc3ccc(Br)cc3Cl)ncnc21. The topological polar surface area (TPSA) is 55.6 Å². The fraction of sp³-hybridized carbons (Fsp3) is 0.154. The fourth-order valence-corrected chi connectivity index (χ4v) is 2.69. The van der Waals surface area contributed by atoms with Crippen molar-refractivity contribution in [3.63, 3.8) is 0 Å². The van der Waals surface area contributed by atoms with Gasteiger partial charge >= 0.3 is 0 Å². The van der Waals surface area contributed by atoms with Crippen LogP contribution in [0.25, 0.3) is 11.0 Å². The molecule has 3 rings (SSSR count). The number of aromatic nitrogens is 4. The summed E-state index contributed by atoms with van der Waals surface area (Å²) < 4.78 is 2.68. The van der Waals surface area contributed by atoms with E-state index in [1.54, 1.807) is 10.9 Å². The molecule has 0 radical (unpaired) electrons. The summed E-state index contributed by atoms with van der Waals surface area (Å²) in [5.74, 6) is 0.752. The average molecular weight is 353 g/mol. The number of fused-ring (bicyclic) bond motifs is 1. The van der Waals surface area contributed by atoms with Crippen molar-refractivity contribution in [2.24, 2.45) is 7.05 Å². The average Bonchev–Trinajstić information content (AvgIpc) is 2.80. The van der Waals surface area contributed by atoms with E-state index in [-0.39, 0.29) is 0 Å². The molecule has 0 aliphatic carbocycles. The van der Waals surface area contributed by atoms with Crippen LogP contribution in [0.15, 0.2) is 35.2 Å². The second-order valence-corrected chi connectivity index (χ2v) is 5.64. The number of hydrogen-bond acceptors (Lipinski definition) is 4. The molecule has 0 aliphatic rings. The molecule has 0 saturated carbocycles. The first-order chi connectivity index (χ1) is 9.65. The smallest absolute Gasteiger partial charge is 0.163 e. The van der Waals surface area contributed by atoms with Gasteiger partial charge in [-0.15, -0.1) is 0 Å². The summed E-state index contributed by atoms with van der Waals surface area (Å²) in [5, 5.41) is 9.06. The van der Waals surface area contributed by atoms with Crippen molar-refractivity contribution >= 4 is 44.4 Å². The Bertz CT molecular complexity index is 771. The van der Waals surface area contributed by atoms with E-state index in [0.29, 0.717) is 11.6 Å². The maximum absolute atomic E-state index is 6.20. The molecule has 1 N–H and O–H groups in total. The first-order valence-electron chi connectivity index (χ1n) is 5.95. The van der Waals surface area contributed by atoms with Gasteiger partial charge in [0.15, 0.2) is 5.65 Å². The van der Waals surface area contributed by atoms with Gasteiger partial charge in [0.1, 0.15) is 12.1 Å². The van der Waals surface area contributed by atoms with Gasteiger partial charge < -0.3 is 5.32 Å². The zero-order valence-corrected chi connectivity index (χ0v) is 13.0. The van der Waals surface area contributed by atoms with Crippen LogP contribution in [0.4, 0.5) is 5.82 Å². The molecule has 5 nitrogen and oxygen atoms in total. The maximum Gasteiger partial charge on any atom is 0.163 e. The normalized spacial score (nSPS) is 10.9. The van der Waals surface area contributed by atoms with Gasteiger partial charge in [0.05, 0.1) is 11.6 Å². The van der Waals surface area contributed by atoms with Crippen LogP contribution in [0.1, 0.15) is 5.56 Å². The third kappa shape index (κ3) is 2.48. The summed E-state index contributed by atoms with van der Waals surface area (Å²) in [7, 11) is 1.85. The molecule has 0 bridgehead atoms. The Hall–Kier alpha value is -1.66. The summed E-state index contributed by atoms with van der Waals surface area (Å²) >= 11 is 9.59. The summed E-state index contributed by atoms with van der Waals surface area (Å²) in [4.78, 5) is 8.46. The molecule has 0 unspecified atom stereocenters. The highest BCUT2D eigenvalue weighted by molar-refractivity contribution is 9.10. The van der Waals surface area contributed by atoms with E-state index in [9.17, 15) is 0 Å². The van der Waals surface area contributed by atoms with E-state index in [4.69, 9.17) is 11.6 Å². The molecule has 0 atom stereocenters. The van der Waals surface area contributed by atoms with Crippen LogP contribution in [0.2, 0.25) is 5.02 Å². The first-order valence-corrected chi connectivity index (χ1v) is 7.13. The van der Waals surface area contributed by atoms with Crippen molar-refractivity contribution < 1.29 is 0 Å². The molecular formula is C13H11BrClN5. The van der Waals surface area contributed by atoms with Crippen LogP contribution in [0, 0.1) is 0 Å². The van der Waals surface area contributed by atoms with Gasteiger partial charge in [-0.25, -0.2) is 9.97 Å². The Morgan fingerprint density at radius 1 is 1.35 bits per heavy atom. The second-order valence-electron chi connectivity index (χ2n) is 4.32. The van der Waals surface area contributed by atoms with Gasteiger partial charge in [0, 0.05) is 23.1 Å². The van der Waals surface area contributed by atoms with Gasteiger partial charge in [0.2, 0.25) is 0 Å². The van der Waals surface area contributed by atoms with Crippen molar-refractivity contribution in [3.8, 4) is 0 Å². The monoisotopic (exact) mass is 351 g/mol. The van der Waals surface area contributed by atoms with E-state index < -0.39 is 0 Å². The Balaban J connectivity index is 1.87. The summed E-state index contributed by atoms with van der Waals surface area (Å²) in [6.07, 6.45) is 3.27. The molecule has 2 aromatic heterocycles. The lowest BCUT2D eigenvalue weighted by Gasteiger charge is -2.08. The van der Waals surface area contributed by atoms with Gasteiger partial charge in [-0.3, -0.25) is 4.68 Å². The number of halogens is 2. The van der Waals surface area contributed by atoms with Crippen LogP contribution < -0.4 is 5.32 Å². The van der Waals surface area contributed by atoms with Crippen molar-refractivity contribution in [3.05, 3.63) is 45.8 Å². The van der Waals surface area contributed by atoms with Crippen molar-refractivity contribution in [1.82, 2.24) is 19.7 Å². The summed E-state index contributed by atoms with van der Waals surface area (Å²) in [6, 6.07) is 5.81. The van der Waals surface area contributed by atoms with E-state index in [2.05, 4.69) is 36.3 Å². The lowest BCUT2D eigenvalue weighted by molar-refractivity contribution is 0.785. The lowest BCUT2D eigenvalue weighted by Crippen LogP contribution is -2.03. The van der Waals surface area contributed by atoms with Crippen LogP contribution in [0.5, 0.6) is 0 Å². The van der Waals surface area contributed by atoms with Crippen LogP contribution in [-0.2, 0) is 13.6 Å². The third-order valence-electron chi connectivity index (χ3n) is 2.99. The molecule has 0 amide bonds. The minimum atomic E-state index is 0.590. The highest BCUT2D eigenvalue weighted by Gasteiger charge is 2.08. The van der Waals surface area contributed by atoms with Crippen molar-refractivity contribution in [1.29, 1.82) is 0 Å². The van der Waals surface area contributed by atoms with Crippen LogP contribution in [-0.4, -0.2) is 19.7 Å². The zero-order chi connectivity index (χ0) is 14.1. The number of rotatable bonds is 3. The van der Waals surface area contributed by atoms with Gasteiger partial charge in [-0.05, 0) is 17.7 Å². The molecular weight excluding hydrogens is 342 g/mol. The fourth-order valence-electron chi connectivity index (χ4n) is 1.95. The number of nitrogens with zero attached hydrogens (tertiary/aromatic N) is 4. The Labute approximate surface area is 129 Å². The molecule has 1 aromatic carbocycles. The molecule has 0 fully saturated rings. The zero-order valence-electron chi connectivity index (χ0n) is 10.6. The van der Waals surface area contributed by atoms with Crippen molar-refractivity contribution in [2.45, 2.75) is 6.54 Å². The quantitative estimate of drug-likeness (QED) is 0.785. The number of nitrogens with one attached hydrogen (secondary N) is 1. The van der Waals surface area contributed by atoms with Crippen LogP contribution in [0.3, 0.4) is 0 Å². The Morgan fingerprint density at radius 2 is 2.20 bits per heavy atom. The van der Waals surface area contributed by atoms with Gasteiger partial charge in [-0.2, -0.15) is 5.10 Å². The molecule has 7 heteroatoms. The highest BCUT2D eigenvalue weighted by Crippen LogP contribution is 2.23. The minimum Gasteiger partial charge on any atom is -0.365 e. The standard InChI is InChI=1S/C13H11BrClN5/c1-20-13-10(6-19-20)12(17-7-18-13)16-5-8-2-3-9(14)4-11(8)15/h2-4,6-7H,5H2,1H3,(H,16,17,18). The van der Waals surface area contributed by atoms with E-state index in [0.717, 1.165) is 26.9 Å². The number of aryl methyl sites for hydroxylation is 1. The first kappa shape index (κ1) is 13.3. The molecule has 2 heterocycles. The number of hydrogen-bond donors (Lipinski definition) is 1.